The monoisotopic (exact) mass is 264 g/mol. The van der Waals surface area contributed by atoms with Crippen molar-refractivity contribution in [2.45, 2.75) is 25.9 Å². The van der Waals surface area contributed by atoms with Crippen LogP contribution in [0, 0.1) is 5.92 Å². The van der Waals surface area contributed by atoms with Crippen LogP contribution in [0.5, 0.6) is 0 Å². The smallest absolute Gasteiger partial charge is 0.328 e. The summed E-state index contributed by atoms with van der Waals surface area (Å²) >= 11 is 0. The molecule has 0 bridgehead atoms. The van der Waals surface area contributed by atoms with Crippen LogP contribution in [0.3, 0.4) is 0 Å². The van der Waals surface area contributed by atoms with Gasteiger partial charge in [0.15, 0.2) is 0 Å². The number of benzene rings is 1. The molecule has 0 aliphatic heterocycles. The van der Waals surface area contributed by atoms with Crippen molar-refractivity contribution in [1.29, 1.82) is 0 Å². The summed E-state index contributed by atoms with van der Waals surface area (Å²) in [7, 11) is 1.29. The van der Waals surface area contributed by atoms with E-state index in [4.69, 9.17) is 5.73 Å². The third-order valence-corrected chi connectivity index (χ3v) is 2.86. The van der Waals surface area contributed by atoms with Gasteiger partial charge in [0.1, 0.15) is 12.1 Å². The Balaban J connectivity index is 2.75. The zero-order valence-electron chi connectivity index (χ0n) is 11.4. The lowest BCUT2D eigenvalue weighted by Crippen LogP contribution is -2.48. The van der Waals surface area contributed by atoms with Crippen LogP contribution >= 0.6 is 0 Å². The van der Waals surface area contributed by atoms with Crippen molar-refractivity contribution in [2.24, 2.45) is 11.7 Å². The molecular formula is C14H20N2O3. The molecule has 1 aromatic rings. The quantitative estimate of drug-likeness (QED) is 0.777. The van der Waals surface area contributed by atoms with Crippen molar-refractivity contribution in [3.05, 3.63) is 35.9 Å². The van der Waals surface area contributed by atoms with Crippen molar-refractivity contribution in [2.75, 3.05) is 7.11 Å². The number of esters is 1. The zero-order valence-corrected chi connectivity index (χ0v) is 11.4. The first-order valence-corrected chi connectivity index (χ1v) is 6.16. The number of hydrogen-bond acceptors (Lipinski definition) is 4. The van der Waals surface area contributed by atoms with Crippen molar-refractivity contribution in [1.82, 2.24) is 5.32 Å². The first-order chi connectivity index (χ1) is 8.97. The van der Waals surface area contributed by atoms with E-state index in [1.165, 1.54) is 7.11 Å². The van der Waals surface area contributed by atoms with Crippen LogP contribution in [0.25, 0.3) is 0 Å². The van der Waals surface area contributed by atoms with E-state index in [1.807, 2.05) is 32.0 Å². The Morgan fingerprint density at radius 3 is 2.26 bits per heavy atom. The van der Waals surface area contributed by atoms with Gasteiger partial charge in [-0.1, -0.05) is 44.2 Å². The number of rotatable bonds is 5. The molecule has 0 saturated heterocycles. The molecule has 104 valence electrons. The Morgan fingerprint density at radius 2 is 1.79 bits per heavy atom. The van der Waals surface area contributed by atoms with Crippen LogP contribution in [-0.2, 0) is 14.3 Å². The van der Waals surface area contributed by atoms with Gasteiger partial charge in [0.25, 0.3) is 0 Å². The maximum Gasteiger partial charge on any atom is 0.328 e. The SMILES string of the molecule is COC(=O)C(NC(=O)[C@@H](N)c1ccccc1)C(C)C. The van der Waals surface area contributed by atoms with Crippen molar-refractivity contribution >= 4 is 11.9 Å². The fourth-order valence-electron chi connectivity index (χ4n) is 1.68. The molecule has 0 saturated carbocycles. The summed E-state index contributed by atoms with van der Waals surface area (Å²) in [6.07, 6.45) is 0. The van der Waals surface area contributed by atoms with E-state index < -0.39 is 24.0 Å². The molecule has 1 rings (SSSR count). The molecule has 3 N–H and O–H groups in total. The molecule has 0 heterocycles. The lowest BCUT2D eigenvalue weighted by molar-refractivity contribution is -0.146. The highest BCUT2D eigenvalue weighted by Crippen LogP contribution is 2.11. The Labute approximate surface area is 113 Å². The molecule has 0 radical (unpaired) electrons. The van der Waals surface area contributed by atoms with Crippen LogP contribution in [-0.4, -0.2) is 25.0 Å². The first-order valence-electron chi connectivity index (χ1n) is 6.16. The predicted molar refractivity (Wildman–Crippen MR) is 72.2 cm³/mol. The summed E-state index contributed by atoms with van der Waals surface area (Å²) in [6.45, 7) is 3.66. The molecule has 1 amide bonds. The number of hydrogen-bond donors (Lipinski definition) is 2. The number of amides is 1. The third kappa shape index (κ3) is 4.06. The van der Waals surface area contributed by atoms with Gasteiger partial charge in [0.05, 0.1) is 7.11 Å². The van der Waals surface area contributed by atoms with Gasteiger partial charge in [-0.3, -0.25) is 4.79 Å². The molecule has 19 heavy (non-hydrogen) atoms. The van der Waals surface area contributed by atoms with Crippen molar-refractivity contribution in [3.8, 4) is 0 Å². The molecule has 1 aromatic carbocycles. The van der Waals surface area contributed by atoms with Gasteiger partial charge in [-0.05, 0) is 11.5 Å². The number of nitrogens with two attached hydrogens (primary N) is 1. The Kier molecular flexibility index (Phi) is 5.51. The fourth-order valence-corrected chi connectivity index (χ4v) is 1.68. The summed E-state index contributed by atoms with van der Waals surface area (Å²) in [6, 6.07) is 7.52. The molecule has 0 spiro atoms. The first kappa shape index (κ1) is 15.2. The average molecular weight is 264 g/mol. The van der Waals surface area contributed by atoms with E-state index in [0.29, 0.717) is 5.56 Å². The number of nitrogens with one attached hydrogen (secondary N) is 1. The second-order valence-electron chi connectivity index (χ2n) is 4.64. The summed E-state index contributed by atoms with van der Waals surface area (Å²) in [5.74, 6) is -0.932. The normalized spacial score (nSPS) is 13.7. The van der Waals surface area contributed by atoms with Gasteiger partial charge in [-0.2, -0.15) is 0 Å². The Bertz CT molecular complexity index is 432. The van der Waals surface area contributed by atoms with Gasteiger partial charge in [-0.25, -0.2) is 4.79 Å². The molecule has 5 heteroatoms. The highest BCUT2D eigenvalue weighted by atomic mass is 16.5. The van der Waals surface area contributed by atoms with E-state index in [1.54, 1.807) is 12.1 Å². The second-order valence-corrected chi connectivity index (χ2v) is 4.64. The number of carbonyl (C=O) groups excluding carboxylic acids is 2. The van der Waals surface area contributed by atoms with Gasteiger partial charge >= 0.3 is 5.97 Å². The van der Waals surface area contributed by atoms with Gasteiger partial charge in [0.2, 0.25) is 5.91 Å². The molecule has 1 unspecified atom stereocenters. The maximum atomic E-state index is 12.0. The van der Waals surface area contributed by atoms with Crippen LogP contribution in [0.4, 0.5) is 0 Å². The molecule has 0 aromatic heterocycles. The van der Waals surface area contributed by atoms with Gasteiger partial charge in [0, 0.05) is 0 Å². The molecule has 0 aliphatic carbocycles. The lowest BCUT2D eigenvalue weighted by atomic mass is 10.0. The van der Waals surface area contributed by atoms with E-state index in [0.717, 1.165) is 0 Å². The fraction of sp³-hybridized carbons (Fsp3) is 0.429. The summed E-state index contributed by atoms with van der Waals surface area (Å²) in [5.41, 5.74) is 6.57. The van der Waals surface area contributed by atoms with Gasteiger partial charge in [-0.15, -0.1) is 0 Å². The molecular weight excluding hydrogens is 244 g/mol. The standard InChI is InChI=1S/C14H20N2O3/c1-9(2)12(14(18)19-3)16-13(17)11(15)10-7-5-4-6-8-10/h4-9,11-12H,15H2,1-3H3,(H,16,17)/t11-,12?/m0/s1. The lowest BCUT2D eigenvalue weighted by Gasteiger charge is -2.22. The maximum absolute atomic E-state index is 12.0. The van der Waals surface area contributed by atoms with Crippen LogP contribution < -0.4 is 11.1 Å². The van der Waals surface area contributed by atoms with E-state index in [-0.39, 0.29) is 5.92 Å². The second kappa shape index (κ2) is 6.89. The minimum absolute atomic E-state index is 0.0700. The van der Waals surface area contributed by atoms with Gasteiger partial charge < -0.3 is 15.8 Å². The topological polar surface area (TPSA) is 81.4 Å². The molecule has 5 nitrogen and oxygen atoms in total. The van der Waals surface area contributed by atoms with Crippen LogP contribution in [0.15, 0.2) is 30.3 Å². The predicted octanol–water partition coefficient (Wildman–Crippen LogP) is 1.00. The molecule has 0 aliphatic rings. The van der Waals surface area contributed by atoms with Crippen LogP contribution in [0.2, 0.25) is 0 Å². The highest BCUT2D eigenvalue weighted by Gasteiger charge is 2.27. The highest BCUT2D eigenvalue weighted by molar-refractivity contribution is 5.88. The third-order valence-electron chi connectivity index (χ3n) is 2.86. The minimum Gasteiger partial charge on any atom is -0.467 e. The Hall–Kier alpha value is -1.88. The van der Waals surface area contributed by atoms with E-state index >= 15 is 0 Å². The molecule has 2 atom stereocenters. The summed E-state index contributed by atoms with van der Waals surface area (Å²) in [5, 5.41) is 2.63. The number of methoxy groups -OCH3 is 1. The minimum atomic E-state index is -0.799. The average Bonchev–Trinajstić information content (AvgIpc) is 2.43. The molecule has 0 fully saturated rings. The number of ether oxygens (including phenoxy) is 1. The van der Waals surface area contributed by atoms with Crippen molar-refractivity contribution < 1.29 is 14.3 Å². The Morgan fingerprint density at radius 1 is 1.21 bits per heavy atom. The largest absolute Gasteiger partial charge is 0.467 e. The zero-order chi connectivity index (χ0) is 14.4. The van der Waals surface area contributed by atoms with Crippen LogP contribution in [0.1, 0.15) is 25.5 Å². The van der Waals surface area contributed by atoms with E-state index in [9.17, 15) is 9.59 Å². The summed E-state index contributed by atoms with van der Waals surface area (Å²) in [4.78, 5) is 23.6. The summed E-state index contributed by atoms with van der Waals surface area (Å²) < 4.78 is 4.67. The van der Waals surface area contributed by atoms with Crippen molar-refractivity contribution in [3.63, 3.8) is 0 Å². The van der Waals surface area contributed by atoms with E-state index in [2.05, 4.69) is 10.1 Å². The number of carbonyl (C=O) groups is 2.